The average molecular weight is 235 g/mol. The van der Waals surface area contributed by atoms with E-state index in [0.29, 0.717) is 19.0 Å². The topological polar surface area (TPSA) is 79.2 Å². The second kappa shape index (κ2) is 4.71. The average Bonchev–Trinajstić information content (AvgIpc) is 2.27. The van der Waals surface area contributed by atoms with E-state index in [-0.39, 0.29) is 22.9 Å². The fourth-order valence-electron chi connectivity index (χ4n) is 2.32. The van der Waals surface area contributed by atoms with Gasteiger partial charge in [0.1, 0.15) is 5.56 Å². The number of aromatic nitrogens is 1. The first kappa shape index (κ1) is 11.9. The quantitative estimate of drug-likeness (QED) is 0.729. The Morgan fingerprint density at radius 2 is 2.29 bits per heavy atom. The summed E-state index contributed by atoms with van der Waals surface area (Å²) in [6.45, 7) is 3.26. The SMILES string of the molecule is CC1CC(N)CN(C(=O)c2c[nH]ccc2=O)C1. The number of nitrogens with zero attached hydrogens (tertiary/aromatic N) is 1. The Hall–Kier alpha value is -1.62. The molecule has 0 spiro atoms. The van der Waals surface area contributed by atoms with E-state index in [4.69, 9.17) is 5.73 Å². The van der Waals surface area contributed by atoms with Crippen LogP contribution >= 0.6 is 0 Å². The Bertz CT molecular complexity index is 459. The molecule has 1 saturated heterocycles. The van der Waals surface area contributed by atoms with Crippen molar-refractivity contribution in [1.29, 1.82) is 0 Å². The largest absolute Gasteiger partial charge is 0.367 e. The maximum absolute atomic E-state index is 12.2. The zero-order valence-electron chi connectivity index (χ0n) is 9.85. The molecule has 5 heteroatoms. The number of piperidine rings is 1. The van der Waals surface area contributed by atoms with Gasteiger partial charge in [-0.3, -0.25) is 9.59 Å². The minimum atomic E-state index is -0.249. The Balaban J connectivity index is 2.20. The molecule has 17 heavy (non-hydrogen) atoms. The molecule has 0 bridgehead atoms. The van der Waals surface area contributed by atoms with E-state index in [1.165, 1.54) is 18.5 Å². The fraction of sp³-hybridized carbons (Fsp3) is 0.500. The zero-order valence-corrected chi connectivity index (χ0v) is 9.85. The molecule has 2 unspecified atom stereocenters. The molecule has 0 aromatic carbocycles. The van der Waals surface area contributed by atoms with Gasteiger partial charge in [-0.1, -0.05) is 6.92 Å². The van der Waals surface area contributed by atoms with Gasteiger partial charge < -0.3 is 15.6 Å². The number of nitrogens with two attached hydrogens (primary N) is 1. The lowest BCUT2D eigenvalue weighted by Crippen LogP contribution is -2.49. The first-order valence-corrected chi connectivity index (χ1v) is 5.80. The van der Waals surface area contributed by atoms with Crippen LogP contribution in [0.1, 0.15) is 23.7 Å². The molecule has 1 amide bonds. The van der Waals surface area contributed by atoms with Crippen LogP contribution in [-0.2, 0) is 0 Å². The summed E-state index contributed by atoms with van der Waals surface area (Å²) in [6.07, 6.45) is 3.90. The van der Waals surface area contributed by atoms with Gasteiger partial charge in [0.05, 0.1) is 0 Å². The number of hydrogen-bond donors (Lipinski definition) is 2. The number of H-pyrrole nitrogens is 1. The van der Waals surface area contributed by atoms with Gasteiger partial charge in [0.25, 0.3) is 5.91 Å². The maximum Gasteiger partial charge on any atom is 0.259 e. The van der Waals surface area contributed by atoms with Crippen molar-refractivity contribution in [3.63, 3.8) is 0 Å². The highest BCUT2D eigenvalue weighted by molar-refractivity contribution is 5.93. The molecule has 1 aromatic heterocycles. The van der Waals surface area contributed by atoms with Crippen molar-refractivity contribution in [1.82, 2.24) is 9.88 Å². The standard InChI is InChI=1S/C12H17N3O2/c1-8-4-9(13)7-15(6-8)12(17)10-5-14-3-2-11(10)16/h2-3,5,8-9H,4,6-7,13H2,1H3,(H,14,16). The number of nitrogens with one attached hydrogen (secondary N) is 1. The van der Waals surface area contributed by atoms with Gasteiger partial charge in [-0.15, -0.1) is 0 Å². The first-order chi connectivity index (χ1) is 8.08. The monoisotopic (exact) mass is 235 g/mol. The highest BCUT2D eigenvalue weighted by Gasteiger charge is 2.27. The highest BCUT2D eigenvalue weighted by Crippen LogP contribution is 2.16. The van der Waals surface area contributed by atoms with Crippen molar-refractivity contribution in [2.45, 2.75) is 19.4 Å². The number of pyridine rings is 1. The van der Waals surface area contributed by atoms with Crippen LogP contribution in [0.2, 0.25) is 0 Å². The van der Waals surface area contributed by atoms with Crippen LogP contribution in [0.15, 0.2) is 23.3 Å². The Labute approximate surface area is 99.6 Å². The zero-order chi connectivity index (χ0) is 12.4. The third-order valence-corrected chi connectivity index (χ3v) is 3.03. The molecule has 1 aliphatic heterocycles. The number of hydrogen-bond acceptors (Lipinski definition) is 3. The summed E-state index contributed by atoms with van der Waals surface area (Å²) in [5.74, 6) is 0.152. The molecule has 92 valence electrons. The van der Waals surface area contributed by atoms with Gasteiger partial charge in [-0.05, 0) is 12.3 Å². The number of likely N-dealkylation sites (tertiary alicyclic amines) is 1. The first-order valence-electron chi connectivity index (χ1n) is 5.80. The van der Waals surface area contributed by atoms with Crippen LogP contribution < -0.4 is 11.2 Å². The molecule has 0 saturated carbocycles. The number of carbonyl (C=O) groups excluding carboxylic acids is 1. The third-order valence-electron chi connectivity index (χ3n) is 3.03. The van der Waals surface area contributed by atoms with Crippen LogP contribution in [0.3, 0.4) is 0 Å². The van der Waals surface area contributed by atoms with E-state index in [9.17, 15) is 9.59 Å². The van der Waals surface area contributed by atoms with Gasteiger partial charge >= 0.3 is 0 Å². The van der Waals surface area contributed by atoms with Crippen molar-refractivity contribution in [2.75, 3.05) is 13.1 Å². The van der Waals surface area contributed by atoms with Crippen molar-refractivity contribution >= 4 is 5.91 Å². The van der Waals surface area contributed by atoms with E-state index in [1.807, 2.05) is 0 Å². The van der Waals surface area contributed by atoms with Crippen LogP contribution in [-0.4, -0.2) is 34.9 Å². The maximum atomic E-state index is 12.2. The lowest BCUT2D eigenvalue weighted by molar-refractivity contribution is 0.0659. The Kier molecular flexibility index (Phi) is 3.28. The van der Waals surface area contributed by atoms with Crippen molar-refractivity contribution in [3.05, 3.63) is 34.2 Å². The number of aromatic amines is 1. The van der Waals surface area contributed by atoms with E-state index in [2.05, 4.69) is 11.9 Å². The molecule has 1 aromatic rings. The smallest absolute Gasteiger partial charge is 0.259 e. The Morgan fingerprint density at radius 3 is 2.94 bits per heavy atom. The van der Waals surface area contributed by atoms with Crippen molar-refractivity contribution < 1.29 is 4.79 Å². The molecule has 1 fully saturated rings. The summed E-state index contributed by atoms with van der Waals surface area (Å²) in [5.41, 5.74) is 5.83. The van der Waals surface area contributed by atoms with E-state index in [0.717, 1.165) is 6.42 Å². The summed E-state index contributed by atoms with van der Waals surface area (Å²) in [5, 5.41) is 0. The molecule has 0 radical (unpaired) electrons. The van der Waals surface area contributed by atoms with Crippen molar-refractivity contribution in [2.24, 2.45) is 11.7 Å². The van der Waals surface area contributed by atoms with Crippen LogP contribution in [0.5, 0.6) is 0 Å². The van der Waals surface area contributed by atoms with E-state index < -0.39 is 0 Å². The van der Waals surface area contributed by atoms with Gasteiger partial charge in [-0.25, -0.2) is 0 Å². The lowest BCUT2D eigenvalue weighted by atomic mass is 9.96. The molecular formula is C12H17N3O2. The summed E-state index contributed by atoms with van der Waals surface area (Å²) in [4.78, 5) is 28.2. The van der Waals surface area contributed by atoms with Crippen LogP contribution in [0.25, 0.3) is 0 Å². The molecular weight excluding hydrogens is 218 g/mol. The third kappa shape index (κ3) is 2.55. The molecule has 0 aliphatic carbocycles. The van der Waals surface area contributed by atoms with Gasteiger partial charge in [0.15, 0.2) is 5.43 Å². The minimum absolute atomic E-state index is 0.00509. The Morgan fingerprint density at radius 1 is 1.53 bits per heavy atom. The molecule has 2 rings (SSSR count). The normalized spacial score (nSPS) is 24.7. The number of amides is 1. The second-order valence-corrected chi connectivity index (χ2v) is 4.73. The number of carbonyl (C=O) groups is 1. The van der Waals surface area contributed by atoms with Gasteiger partial charge in [0, 0.05) is 37.6 Å². The summed E-state index contributed by atoms with van der Waals surface area (Å²) < 4.78 is 0. The molecule has 2 heterocycles. The fourth-order valence-corrected chi connectivity index (χ4v) is 2.32. The predicted octanol–water partition coefficient (Wildman–Crippen LogP) is 0.184. The molecule has 3 N–H and O–H groups in total. The highest BCUT2D eigenvalue weighted by atomic mass is 16.2. The number of rotatable bonds is 1. The molecule has 1 aliphatic rings. The lowest BCUT2D eigenvalue weighted by Gasteiger charge is -2.34. The molecule has 5 nitrogen and oxygen atoms in total. The summed E-state index contributed by atoms with van der Waals surface area (Å²) in [6, 6.07) is 1.37. The van der Waals surface area contributed by atoms with E-state index in [1.54, 1.807) is 4.90 Å². The van der Waals surface area contributed by atoms with E-state index >= 15 is 0 Å². The van der Waals surface area contributed by atoms with Gasteiger partial charge in [-0.2, -0.15) is 0 Å². The van der Waals surface area contributed by atoms with Crippen molar-refractivity contribution in [3.8, 4) is 0 Å². The summed E-state index contributed by atoms with van der Waals surface area (Å²) in [7, 11) is 0. The minimum Gasteiger partial charge on any atom is -0.367 e. The predicted molar refractivity (Wildman–Crippen MR) is 64.7 cm³/mol. The van der Waals surface area contributed by atoms with Crippen LogP contribution in [0, 0.1) is 5.92 Å². The van der Waals surface area contributed by atoms with Crippen LogP contribution in [0.4, 0.5) is 0 Å². The molecule has 2 atom stereocenters. The van der Waals surface area contributed by atoms with Gasteiger partial charge in [0.2, 0.25) is 0 Å². The summed E-state index contributed by atoms with van der Waals surface area (Å²) >= 11 is 0. The second-order valence-electron chi connectivity index (χ2n) is 4.73.